The highest BCUT2D eigenvalue weighted by atomic mass is 16.5. The van der Waals surface area contributed by atoms with Crippen molar-refractivity contribution in [3.05, 3.63) is 47.5 Å². The Balaban J connectivity index is 2.10. The highest BCUT2D eigenvalue weighted by molar-refractivity contribution is 5.95. The van der Waals surface area contributed by atoms with Crippen LogP contribution in [-0.4, -0.2) is 40.6 Å². The molecule has 0 saturated heterocycles. The summed E-state index contributed by atoms with van der Waals surface area (Å²) < 4.78 is 20.7. The van der Waals surface area contributed by atoms with Gasteiger partial charge in [-0.25, -0.2) is 5.43 Å². The Morgan fingerprint density at radius 3 is 2.08 bits per heavy atom. The highest BCUT2D eigenvalue weighted by Crippen LogP contribution is 2.27. The molecule has 2 aromatic rings. The number of nitrogens with one attached hydrogen (secondary N) is 1. The molecule has 0 radical (unpaired) electrons. The molecule has 1 N–H and O–H groups in total. The van der Waals surface area contributed by atoms with E-state index in [1.165, 1.54) is 20.4 Å². The summed E-state index contributed by atoms with van der Waals surface area (Å²) in [6.45, 7) is 0. The molecule has 1 amide bonds. The van der Waals surface area contributed by atoms with E-state index in [4.69, 9.17) is 18.9 Å². The van der Waals surface area contributed by atoms with Gasteiger partial charge in [-0.3, -0.25) is 4.79 Å². The minimum atomic E-state index is -0.368. The number of rotatable bonds is 7. The fourth-order valence-corrected chi connectivity index (χ4v) is 2.11. The van der Waals surface area contributed by atoms with E-state index in [2.05, 4.69) is 10.5 Å². The number of hydrogen-bond acceptors (Lipinski definition) is 6. The first-order valence-electron chi connectivity index (χ1n) is 7.39. The summed E-state index contributed by atoms with van der Waals surface area (Å²) in [5, 5.41) is 3.96. The van der Waals surface area contributed by atoms with E-state index in [1.807, 2.05) is 0 Å². The van der Waals surface area contributed by atoms with Crippen LogP contribution in [-0.2, 0) is 0 Å². The number of benzene rings is 2. The summed E-state index contributed by atoms with van der Waals surface area (Å²) in [6, 6.07) is 10.2. The van der Waals surface area contributed by atoms with Gasteiger partial charge in [-0.15, -0.1) is 0 Å². The van der Waals surface area contributed by atoms with Crippen molar-refractivity contribution in [3.63, 3.8) is 0 Å². The Bertz CT molecular complexity index is 752. The fraction of sp³-hybridized carbons (Fsp3) is 0.222. The van der Waals surface area contributed by atoms with Crippen LogP contribution in [0.1, 0.15) is 15.9 Å². The summed E-state index contributed by atoms with van der Waals surface area (Å²) in [5.74, 6) is 1.91. The first kappa shape index (κ1) is 18.1. The summed E-state index contributed by atoms with van der Waals surface area (Å²) in [5.41, 5.74) is 3.59. The minimum Gasteiger partial charge on any atom is -0.497 e. The summed E-state index contributed by atoms with van der Waals surface area (Å²) in [4.78, 5) is 12.2. The number of methoxy groups -OCH3 is 4. The molecule has 0 spiro atoms. The number of amides is 1. The second-order valence-electron chi connectivity index (χ2n) is 4.91. The third-order valence-electron chi connectivity index (χ3n) is 3.40. The molecule has 0 bridgehead atoms. The van der Waals surface area contributed by atoms with E-state index < -0.39 is 0 Å². The third kappa shape index (κ3) is 4.63. The lowest BCUT2D eigenvalue weighted by Crippen LogP contribution is -2.17. The summed E-state index contributed by atoms with van der Waals surface area (Å²) in [7, 11) is 6.17. The number of ether oxygens (including phenoxy) is 4. The SMILES string of the molecule is COc1cc(C=NNC(=O)c2ccc(OC)c(OC)c2)cc(OC)c1. The van der Waals surface area contributed by atoms with E-state index in [1.54, 1.807) is 50.6 Å². The van der Waals surface area contributed by atoms with Gasteiger partial charge in [0.2, 0.25) is 0 Å². The molecule has 0 aliphatic carbocycles. The Kier molecular flexibility index (Phi) is 6.22. The highest BCUT2D eigenvalue weighted by Gasteiger charge is 2.10. The topological polar surface area (TPSA) is 78.4 Å². The van der Waals surface area contributed by atoms with Crippen LogP contribution in [0.5, 0.6) is 23.0 Å². The molecule has 25 heavy (non-hydrogen) atoms. The Labute approximate surface area is 146 Å². The van der Waals surface area contributed by atoms with Gasteiger partial charge in [0.15, 0.2) is 11.5 Å². The van der Waals surface area contributed by atoms with Gasteiger partial charge >= 0.3 is 0 Å². The lowest BCUT2D eigenvalue weighted by Gasteiger charge is -2.08. The molecule has 0 saturated carbocycles. The van der Waals surface area contributed by atoms with Crippen LogP contribution >= 0.6 is 0 Å². The van der Waals surface area contributed by atoms with E-state index in [0.29, 0.717) is 28.6 Å². The van der Waals surface area contributed by atoms with Crippen molar-refractivity contribution in [3.8, 4) is 23.0 Å². The van der Waals surface area contributed by atoms with Gasteiger partial charge in [0.05, 0.1) is 34.7 Å². The van der Waals surface area contributed by atoms with E-state index >= 15 is 0 Å². The zero-order valence-corrected chi connectivity index (χ0v) is 14.5. The predicted molar refractivity (Wildman–Crippen MR) is 94.2 cm³/mol. The Morgan fingerprint density at radius 2 is 1.52 bits per heavy atom. The first-order chi connectivity index (χ1) is 12.1. The Morgan fingerprint density at radius 1 is 0.880 bits per heavy atom. The van der Waals surface area contributed by atoms with Crippen LogP contribution in [0.4, 0.5) is 0 Å². The molecule has 0 aliphatic heterocycles. The average molecular weight is 344 g/mol. The van der Waals surface area contributed by atoms with Crippen molar-refractivity contribution >= 4 is 12.1 Å². The van der Waals surface area contributed by atoms with Gasteiger partial charge in [-0.1, -0.05) is 0 Å². The summed E-state index contributed by atoms with van der Waals surface area (Å²) >= 11 is 0. The number of carbonyl (C=O) groups is 1. The molecule has 0 atom stereocenters. The van der Waals surface area contributed by atoms with Crippen LogP contribution < -0.4 is 24.4 Å². The van der Waals surface area contributed by atoms with Gasteiger partial charge in [0.25, 0.3) is 5.91 Å². The van der Waals surface area contributed by atoms with Crippen molar-refractivity contribution in [1.82, 2.24) is 5.43 Å². The van der Waals surface area contributed by atoms with Crippen LogP contribution in [0.25, 0.3) is 0 Å². The van der Waals surface area contributed by atoms with Gasteiger partial charge in [0.1, 0.15) is 11.5 Å². The molecule has 0 unspecified atom stereocenters. The van der Waals surface area contributed by atoms with Crippen molar-refractivity contribution in [2.45, 2.75) is 0 Å². The van der Waals surface area contributed by atoms with E-state index in [-0.39, 0.29) is 5.91 Å². The lowest BCUT2D eigenvalue weighted by molar-refractivity contribution is 0.0954. The third-order valence-corrected chi connectivity index (χ3v) is 3.40. The van der Waals surface area contributed by atoms with Gasteiger partial charge in [-0.2, -0.15) is 5.10 Å². The second kappa shape index (κ2) is 8.58. The van der Waals surface area contributed by atoms with Crippen molar-refractivity contribution in [2.24, 2.45) is 5.10 Å². The fourth-order valence-electron chi connectivity index (χ4n) is 2.11. The minimum absolute atomic E-state index is 0.368. The maximum absolute atomic E-state index is 12.2. The van der Waals surface area contributed by atoms with Crippen molar-refractivity contribution in [2.75, 3.05) is 28.4 Å². The molecule has 0 aliphatic rings. The molecule has 0 heterocycles. The monoisotopic (exact) mass is 344 g/mol. The van der Waals surface area contributed by atoms with Crippen molar-refractivity contribution in [1.29, 1.82) is 0 Å². The molecule has 7 heteroatoms. The molecule has 2 rings (SSSR count). The zero-order chi connectivity index (χ0) is 18.2. The average Bonchev–Trinajstić information content (AvgIpc) is 2.66. The maximum atomic E-state index is 12.2. The number of nitrogens with zero attached hydrogens (tertiary/aromatic N) is 1. The predicted octanol–water partition coefficient (Wildman–Crippen LogP) is 2.48. The van der Waals surface area contributed by atoms with E-state index in [9.17, 15) is 4.79 Å². The number of hydrazone groups is 1. The quantitative estimate of drug-likeness (QED) is 0.617. The molecule has 2 aromatic carbocycles. The zero-order valence-electron chi connectivity index (χ0n) is 14.5. The van der Waals surface area contributed by atoms with Crippen LogP contribution in [0.3, 0.4) is 0 Å². The molecular weight excluding hydrogens is 324 g/mol. The first-order valence-corrected chi connectivity index (χ1v) is 7.39. The molecule has 0 aromatic heterocycles. The number of hydrogen-bond donors (Lipinski definition) is 1. The molecule has 132 valence electrons. The van der Waals surface area contributed by atoms with Gasteiger partial charge in [-0.05, 0) is 30.3 Å². The Hall–Kier alpha value is -3.22. The second-order valence-corrected chi connectivity index (χ2v) is 4.91. The molecular formula is C18H20N2O5. The normalized spacial score (nSPS) is 10.4. The largest absolute Gasteiger partial charge is 0.497 e. The van der Waals surface area contributed by atoms with Crippen molar-refractivity contribution < 1.29 is 23.7 Å². The summed E-state index contributed by atoms with van der Waals surface area (Å²) in [6.07, 6.45) is 1.50. The maximum Gasteiger partial charge on any atom is 0.271 e. The van der Waals surface area contributed by atoms with Gasteiger partial charge in [0, 0.05) is 17.2 Å². The van der Waals surface area contributed by atoms with Crippen LogP contribution in [0, 0.1) is 0 Å². The van der Waals surface area contributed by atoms with E-state index in [0.717, 1.165) is 5.56 Å². The van der Waals surface area contributed by atoms with Crippen LogP contribution in [0.2, 0.25) is 0 Å². The molecule has 0 fully saturated rings. The number of carbonyl (C=O) groups excluding carboxylic acids is 1. The molecule has 7 nitrogen and oxygen atoms in total. The van der Waals surface area contributed by atoms with Crippen LogP contribution in [0.15, 0.2) is 41.5 Å². The smallest absolute Gasteiger partial charge is 0.271 e. The standard InChI is InChI=1S/C18H20N2O5/c1-22-14-7-12(8-15(10-14)23-2)11-19-20-18(21)13-5-6-16(24-3)17(9-13)25-4/h5-11H,1-4H3,(H,20,21). The van der Waals surface area contributed by atoms with Gasteiger partial charge < -0.3 is 18.9 Å². The lowest BCUT2D eigenvalue weighted by atomic mass is 10.2.